The molecule has 1 unspecified atom stereocenters. The molecule has 0 saturated heterocycles. The molecule has 0 aromatic carbocycles. The summed E-state index contributed by atoms with van der Waals surface area (Å²) < 4.78 is 8.39. The van der Waals surface area contributed by atoms with E-state index in [4.69, 9.17) is 0 Å². The van der Waals surface area contributed by atoms with Crippen LogP contribution in [-0.2, 0) is 23.9 Å². The lowest BCUT2D eigenvalue weighted by molar-refractivity contribution is -0.159. The van der Waals surface area contributed by atoms with Gasteiger partial charge in [0.2, 0.25) is 0 Å². The number of ether oxygens (including phenoxy) is 2. The summed E-state index contributed by atoms with van der Waals surface area (Å²) in [4.78, 5) is 32.2. The topological polar surface area (TPSA) is 69.7 Å². The molecular weight excluding hydrogens is 164 g/mol. The third kappa shape index (κ3) is 2.34. The molecule has 0 aliphatic heterocycles. The highest BCUT2D eigenvalue weighted by molar-refractivity contribution is 6.37. The molecule has 0 amide bonds. The first kappa shape index (κ1) is 10.6. The Morgan fingerprint density at radius 2 is 1.58 bits per heavy atom. The Hall–Kier alpha value is -1.39. The molecule has 0 aliphatic rings. The van der Waals surface area contributed by atoms with Crippen LogP contribution < -0.4 is 0 Å². The number of hydrogen-bond donors (Lipinski definition) is 0. The molecule has 0 saturated carbocycles. The van der Waals surface area contributed by atoms with Gasteiger partial charge in [0.25, 0.3) is 5.78 Å². The van der Waals surface area contributed by atoms with Crippen molar-refractivity contribution >= 4 is 17.7 Å². The zero-order valence-electron chi connectivity index (χ0n) is 7.12. The third-order valence-corrected chi connectivity index (χ3v) is 1.33. The van der Waals surface area contributed by atoms with Gasteiger partial charge < -0.3 is 9.47 Å². The van der Waals surface area contributed by atoms with E-state index < -0.39 is 23.6 Å². The van der Waals surface area contributed by atoms with Gasteiger partial charge in [0, 0.05) is 0 Å². The van der Waals surface area contributed by atoms with E-state index in [0.29, 0.717) is 0 Å². The summed E-state index contributed by atoms with van der Waals surface area (Å²) >= 11 is 0. The summed E-state index contributed by atoms with van der Waals surface area (Å²) in [5.41, 5.74) is 0. The van der Waals surface area contributed by atoms with E-state index in [0.717, 1.165) is 14.2 Å². The molecule has 0 aromatic rings. The monoisotopic (exact) mass is 174 g/mol. The maximum absolute atomic E-state index is 10.9. The Balaban J connectivity index is 4.29. The molecule has 68 valence electrons. The van der Waals surface area contributed by atoms with Crippen molar-refractivity contribution in [3.8, 4) is 0 Å². The molecule has 1 atom stereocenters. The number of ketones is 1. The first-order chi connectivity index (χ1) is 5.54. The fraction of sp³-hybridized carbons (Fsp3) is 0.571. The van der Waals surface area contributed by atoms with Crippen LogP contribution >= 0.6 is 0 Å². The van der Waals surface area contributed by atoms with Gasteiger partial charge in [-0.2, -0.15) is 0 Å². The number of Topliss-reactive ketones (excluding diaryl/α,β-unsaturated/α-hetero) is 1. The second-order valence-electron chi connectivity index (χ2n) is 2.10. The van der Waals surface area contributed by atoms with Gasteiger partial charge in [-0.05, 0) is 6.92 Å². The van der Waals surface area contributed by atoms with Gasteiger partial charge in [-0.25, -0.2) is 4.79 Å². The largest absolute Gasteiger partial charge is 0.468 e. The van der Waals surface area contributed by atoms with E-state index in [1.807, 2.05) is 0 Å². The molecule has 5 nitrogen and oxygen atoms in total. The van der Waals surface area contributed by atoms with Crippen LogP contribution in [0.3, 0.4) is 0 Å². The van der Waals surface area contributed by atoms with Crippen molar-refractivity contribution in [3.63, 3.8) is 0 Å². The van der Waals surface area contributed by atoms with Crippen molar-refractivity contribution in [2.75, 3.05) is 14.2 Å². The normalized spacial score (nSPS) is 11.6. The smallest absolute Gasteiger partial charge is 0.375 e. The predicted octanol–water partition coefficient (Wildman–Crippen LogP) is -0.462. The van der Waals surface area contributed by atoms with Crippen LogP contribution in [-0.4, -0.2) is 31.9 Å². The fourth-order valence-corrected chi connectivity index (χ4v) is 0.561. The lowest BCUT2D eigenvalue weighted by atomic mass is 10.1. The van der Waals surface area contributed by atoms with Gasteiger partial charge in [0.15, 0.2) is 0 Å². The molecule has 0 aromatic heterocycles. The highest BCUT2D eigenvalue weighted by Gasteiger charge is 2.28. The van der Waals surface area contributed by atoms with Crippen LogP contribution in [0.4, 0.5) is 0 Å². The number of hydrogen-bond acceptors (Lipinski definition) is 5. The third-order valence-electron chi connectivity index (χ3n) is 1.33. The summed E-state index contributed by atoms with van der Waals surface area (Å²) in [7, 11) is 2.22. The minimum Gasteiger partial charge on any atom is -0.468 e. The number of rotatable bonds is 3. The molecule has 0 bridgehead atoms. The zero-order chi connectivity index (χ0) is 9.72. The molecule has 0 N–H and O–H groups in total. The first-order valence-corrected chi connectivity index (χ1v) is 3.24. The van der Waals surface area contributed by atoms with Crippen molar-refractivity contribution < 1.29 is 23.9 Å². The Morgan fingerprint density at radius 1 is 1.08 bits per heavy atom. The van der Waals surface area contributed by atoms with E-state index in [-0.39, 0.29) is 0 Å². The summed E-state index contributed by atoms with van der Waals surface area (Å²) in [6, 6.07) is 0. The second-order valence-corrected chi connectivity index (χ2v) is 2.10. The SMILES string of the molecule is COC(=O)C(=O)C(C)C(=O)OC. The van der Waals surface area contributed by atoms with Gasteiger partial charge in [-0.1, -0.05) is 0 Å². The molecule has 12 heavy (non-hydrogen) atoms. The van der Waals surface area contributed by atoms with E-state index in [2.05, 4.69) is 9.47 Å². The Labute approximate surface area is 69.6 Å². The maximum atomic E-state index is 10.9. The summed E-state index contributed by atoms with van der Waals surface area (Å²) in [6.07, 6.45) is 0. The van der Waals surface area contributed by atoms with Crippen LogP contribution in [0, 0.1) is 5.92 Å². The molecule has 5 heteroatoms. The Bertz CT molecular complexity index is 208. The van der Waals surface area contributed by atoms with Crippen LogP contribution in [0.15, 0.2) is 0 Å². The van der Waals surface area contributed by atoms with E-state index in [9.17, 15) is 14.4 Å². The van der Waals surface area contributed by atoms with Gasteiger partial charge in [-0.15, -0.1) is 0 Å². The quantitative estimate of drug-likeness (QED) is 0.329. The van der Waals surface area contributed by atoms with Crippen molar-refractivity contribution in [2.45, 2.75) is 6.92 Å². The summed E-state index contributed by atoms with van der Waals surface area (Å²) in [5, 5.41) is 0. The van der Waals surface area contributed by atoms with Crippen LogP contribution in [0.2, 0.25) is 0 Å². The average molecular weight is 174 g/mol. The van der Waals surface area contributed by atoms with Crippen LogP contribution in [0.1, 0.15) is 6.92 Å². The highest BCUT2D eigenvalue weighted by atomic mass is 16.5. The predicted molar refractivity (Wildman–Crippen MR) is 38.2 cm³/mol. The fourth-order valence-electron chi connectivity index (χ4n) is 0.561. The van der Waals surface area contributed by atoms with Crippen molar-refractivity contribution in [1.82, 2.24) is 0 Å². The number of carbonyl (C=O) groups excluding carboxylic acids is 3. The molecule has 0 heterocycles. The zero-order valence-corrected chi connectivity index (χ0v) is 7.12. The molecule has 0 radical (unpaired) electrons. The minimum atomic E-state index is -1.09. The van der Waals surface area contributed by atoms with Crippen molar-refractivity contribution in [1.29, 1.82) is 0 Å². The molecule has 0 rings (SSSR count). The number of methoxy groups -OCH3 is 2. The molecule has 0 aliphatic carbocycles. The molecular formula is C7H10O5. The average Bonchev–Trinajstić information content (AvgIpc) is 2.12. The Morgan fingerprint density at radius 3 is 1.92 bits per heavy atom. The van der Waals surface area contributed by atoms with Crippen molar-refractivity contribution in [2.24, 2.45) is 5.92 Å². The van der Waals surface area contributed by atoms with Gasteiger partial charge in [0.05, 0.1) is 14.2 Å². The first-order valence-electron chi connectivity index (χ1n) is 3.24. The van der Waals surface area contributed by atoms with E-state index in [1.165, 1.54) is 6.92 Å². The van der Waals surface area contributed by atoms with Crippen molar-refractivity contribution in [3.05, 3.63) is 0 Å². The van der Waals surface area contributed by atoms with E-state index in [1.54, 1.807) is 0 Å². The molecule has 0 fully saturated rings. The van der Waals surface area contributed by atoms with Gasteiger partial charge in [-0.3, -0.25) is 9.59 Å². The minimum absolute atomic E-state index is 0.745. The standard InChI is InChI=1S/C7H10O5/c1-4(6(9)11-2)5(8)7(10)12-3/h4H,1-3H3. The summed E-state index contributed by atoms with van der Waals surface area (Å²) in [5.74, 6) is -3.77. The Kier molecular flexibility index (Phi) is 3.96. The lowest BCUT2D eigenvalue weighted by Crippen LogP contribution is -2.29. The molecule has 0 spiro atoms. The van der Waals surface area contributed by atoms with Gasteiger partial charge in [0.1, 0.15) is 5.92 Å². The van der Waals surface area contributed by atoms with Gasteiger partial charge >= 0.3 is 11.9 Å². The highest BCUT2D eigenvalue weighted by Crippen LogP contribution is 2.00. The second kappa shape index (κ2) is 4.48. The lowest BCUT2D eigenvalue weighted by Gasteiger charge is -2.05. The maximum Gasteiger partial charge on any atom is 0.375 e. The summed E-state index contributed by atoms with van der Waals surface area (Å²) in [6.45, 7) is 1.28. The van der Waals surface area contributed by atoms with E-state index >= 15 is 0 Å². The van der Waals surface area contributed by atoms with Crippen LogP contribution in [0.25, 0.3) is 0 Å². The number of esters is 2. The number of carbonyl (C=O) groups is 3. The van der Waals surface area contributed by atoms with Crippen LogP contribution in [0.5, 0.6) is 0 Å².